The van der Waals surface area contributed by atoms with Crippen LogP contribution in [-0.2, 0) is 0 Å². The Hall–Kier alpha value is -1.41. The van der Waals surface area contributed by atoms with E-state index in [0.717, 1.165) is 0 Å². The molecular weight excluding hydrogens is 270 g/mol. The van der Waals surface area contributed by atoms with Crippen molar-refractivity contribution < 1.29 is 4.79 Å². The zero-order chi connectivity index (χ0) is 12.1. The van der Waals surface area contributed by atoms with E-state index in [9.17, 15) is 4.79 Å². The van der Waals surface area contributed by atoms with Gasteiger partial charge in [-0.15, -0.1) is 0 Å². The van der Waals surface area contributed by atoms with E-state index < -0.39 is 0 Å². The van der Waals surface area contributed by atoms with Gasteiger partial charge >= 0.3 is 0 Å². The van der Waals surface area contributed by atoms with Crippen LogP contribution in [0.4, 0.5) is 0 Å². The van der Waals surface area contributed by atoms with Crippen molar-refractivity contribution in [2.75, 3.05) is 13.6 Å². The first-order valence-corrected chi connectivity index (χ1v) is 5.61. The number of aromatic nitrogens is 1. The molecule has 1 rings (SSSR count). The number of amides is 1. The Morgan fingerprint density at radius 2 is 2.38 bits per heavy atom. The molecule has 0 saturated heterocycles. The van der Waals surface area contributed by atoms with Gasteiger partial charge in [0.05, 0.1) is 12.0 Å². The van der Waals surface area contributed by atoms with Gasteiger partial charge < -0.3 is 4.90 Å². The van der Waals surface area contributed by atoms with Crippen LogP contribution in [0.25, 0.3) is 0 Å². The normalized spacial score (nSPS) is 11.6. The fourth-order valence-corrected chi connectivity index (χ4v) is 1.60. The van der Waals surface area contributed by atoms with E-state index >= 15 is 0 Å². The maximum Gasteiger partial charge on any atom is 0.272 e. The van der Waals surface area contributed by atoms with E-state index in [1.807, 2.05) is 0 Å². The number of nitriles is 1. The fraction of sp³-hybridized carbons (Fsp3) is 0.364. The molecule has 16 heavy (non-hydrogen) atoms. The summed E-state index contributed by atoms with van der Waals surface area (Å²) in [5.74, 6) is -0.357. The molecule has 1 aromatic heterocycles. The molecule has 84 valence electrons. The van der Waals surface area contributed by atoms with E-state index in [0.29, 0.717) is 16.8 Å². The van der Waals surface area contributed by atoms with Crippen LogP contribution in [-0.4, -0.2) is 29.4 Å². The summed E-state index contributed by atoms with van der Waals surface area (Å²) in [6.07, 6.45) is 0. The van der Waals surface area contributed by atoms with Crippen molar-refractivity contribution in [2.45, 2.75) is 6.92 Å². The summed E-state index contributed by atoms with van der Waals surface area (Å²) in [6.45, 7) is 2.18. The molecule has 0 N–H and O–H groups in total. The summed E-state index contributed by atoms with van der Waals surface area (Å²) in [6, 6.07) is 7.26. The predicted molar refractivity (Wildman–Crippen MR) is 63.7 cm³/mol. The Labute approximate surface area is 103 Å². The molecule has 0 spiro atoms. The number of carbonyl (C=O) groups is 1. The van der Waals surface area contributed by atoms with Crippen LogP contribution in [0.1, 0.15) is 17.4 Å². The second-order valence-electron chi connectivity index (χ2n) is 3.56. The van der Waals surface area contributed by atoms with Crippen LogP contribution in [0.2, 0.25) is 0 Å². The number of pyridine rings is 1. The zero-order valence-electron chi connectivity index (χ0n) is 9.14. The summed E-state index contributed by atoms with van der Waals surface area (Å²) in [4.78, 5) is 17.5. The molecule has 0 radical (unpaired) electrons. The third kappa shape index (κ3) is 3.31. The molecule has 0 saturated carbocycles. The van der Waals surface area contributed by atoms with E-state index in [4.69, 9.17) is 5.26 Å². The van der Waals surface area contributed by atoms with Gasteiger partial charge in [0.25, 0.3) is 5.91 Å². The van der Waals surface area contributed by atoms with Crippen molar-refractivity contribution in [1.29, 1.82) is 5.26 Å². The van der Waals surface area contributed by atoms with Crippen LogP contribution >= 0.6 is 15.9 Å². The minimum absolute atomic E-state index is 0.177. The van der Waals surface area contributed by atoms with E-state index in [-0.39, 0.29) is 11.8 Å². The second-order valence-corrected chi connectivity index (χ2v) is 4.37. The quantitative estimate of drug-likeness (QED) is 0.797. The average molecular weight is 282 g/mol. The van der Waals surface area contributed by atoms with Gasteiger partial charge in [0, 0.05) is 13.6 Å². The SMILES string of the molecule is CC(C#N)CN(C)C(=O)c1cccc(Br)n1. The number of halogens is 1. The average Bonchev–Trinajstić information content (AvgIpc) is 2.27. The van der Waals surface area contributed by atoms with Crippen molar-refractivity contribution in [3.8, 4) is 6.07 Å². The molecule has 1 unspecified atom stereocenters. The smallest absolute Gasteiger partial charge is 0.272 e. The molecule has 0 aliphatic rings. The lowest BCUT2D eigenvalue weighted by atomic mass is 10.2. The minimum atomic E-state index is -0.180. The number of carbonyl (C=O) groups excluding carboxylic acids is 1. The minimum Gasteiger partial charge on any atom is -0.339 e. The lowest BCUT2D eigenvalue weighted by Gasteiger charge is -2.17. The molecule has 0 aliphatic carbocycles. The Bertz CT molecular complexity index is 427. The highest BCUT2D eigenvalue weighted by Crippen LogP contribution is 2.08. The van der Waals surface area contributed by atoms with Crippen LogP contribution < -0.4 is 0 Å². The van der Waals surface area contributed by atoms with E-state index in [1.54, 1.807) is 32.2 Å². The van der Waals surface area contributed by atoms with Crippen molar-refractivity contribution in [3.63, 3.8) is 0 Å². The number of rotatable bonds is 3. The van der Waals surface area contributed by atoms with Crippen LogP contribution in [0.5, 0.6) is 0 Å². The Balaban J connectivity index is 2.75. The van der Waals surface area contributed by atoms with Gasteiger partial charge in [-0.25, -0.2) is 4.98 Å². The van der Waals surface area contributed by atoms with Gasteiger partial charge in [0.2, 0.25) is 0 Å². The zero-order valence-corrected chi connectivity index (χ0v) is 10.7. The van der Waals surface area contributed by atoms with Crippen molar-refractivity contribution in [1.82, 2.24) is 9.88 Å². The monoisotopic (exact) mass is 281 g/mol. The Kier molecular flexibility index (Phi) is 4.44. The fourth-order valence-electron chi connectivity index (χ4n) is 1.26. The van der Waals surface area contributed by atoms with Gasteiger partial charge in [-0.2, -0.15) is 5.26 Å². The molecule has 1 heterocycles. The lowest BCUT2D eigenvalue weighted by Crippen LogP contribution is -2.31. The van der Waals surface area contributed by atoms with Crippen molar-refractivity contribution >= 4 is 21.8 Å². The first-order chi connectivity index (χ1) is 7.54. The molecule has 4 nitrogen and oxygen atoms in total. The summed E-state index contributed by atoms with van der Waals surface area (Å²) in [5, 5.41) is 8.67. The highest BCUT2D eigenvalue weighted by molar-refractivity contribution is 9.10. The molecule has 0 aliphatic heterocycles. The maximum atomic E-state index is 11.9. The highest BCUT2D eigenvalue weighted by atomic mass is 79.9. The van der Waals surface area contributed by atoms with Gasteiger partial charge in [-0.1, -0.05) is 6.07 Å². The van der Waals surface area contributed by atoms with Crippen LogP contribution in [0, 0.1) is 17.2 Å². The Morgan fingerprint density at radius 3 is 2.94 bits per heavy atom. The Morgan fingerprint density at radius 1 is 1.69 bits per heavy atom. The molecule has 5 heteroatoms. The van der Waals surface area contributed by atoms with E-state index in [1.165, 1.54) is 4.90 Å². The summed E-state index contributed by atoms with van der Waals surface area (Å²) < 4.78 is 0.625. The highest BCUT2D eigenvalue weighted by Gasteiger charge is 2.15. The lowest BCUT2D eigenvalue weighted by molar-refractivity contribution is 0.0779. The van der Waals surface area contributed by atoms with Gasteiger partial charge in [-0.3, -0.25) is 4.79 Å². The maximum absolute atomic E-state index is 11.9. The molecule has 1 aromatic rings. The standard InChI is InChI=1S/C11H12BrN3O/c1-8(6-13)7-15(2)11(16)9-4-3-5-10(12)14-9/h3-5,8H,7H2,1-2H3. The number of hydrogen-bond donors (Lipinski definition) is 0. The second kappa shape index (κ2) is 5.61. The molecule has 1 atom stereocenters. The molecule has 1 amide bonds. The van der Waals surface area contributed by atoms with E-state index in [2.05, 4.69) is 27.0 Å². The summed E-state index contributed by atoms with van der Waals surface area (Å²) >= 11 is 3.21. The third-order valence-electron chi connectivity index (χ3n) is 2.05. The number of nitrogens with zero attached hydrogens (tertiary/aromatic N) is 3. The van der Waals surface area contributed by atoms with Gasteiger partial charge in [0.15, 0.2) is 0 Å². The first-order valence-electron chi connectivity index (χ1n) is 4.82. The number of hydrogen-bond acceptors (Lipinski definition) is 3. The third-order valence-corrected chi connectivity index (χ3v) is 2.49. The summed E-state index contributed by atoms with van der Waals surface area (Å²) in [7, 11) is 1.67. The molecule has 0 fully saturated rings. The largest absolute Gasteiger partial charge is 0.339 e. The molecule has 0 bridgehead atoms. The van der Waals surface area contributed by atoms with Crippen LogP contribution in [0.15, 0.2) is 22.8 Å². The van der Waals surface area contributed by atoms with Crippen molar-refractivity contribution in [2.24, 2.45) is 5.92 Å². The summed E-state index contributed by atoms with van der Waals surface area (Å²) in [5.41, 5.74) is 0.377. The predicted octanol–water partition coefficient (Wildman–Crippen LogP) is 2.08. The first kappa shape index (κ1) is 12.7. The topological polar surface area (TPSA) is 57.0 Å². The van der Waals surface area contributed by atoms with Crippen LogP contribution in [0.3, 0.4) is 0 Å². The van der Waals surface area contributed by atoms with Gasteiger partial charge in [-0.05, 0) is 35.0 Å². The molecule has 0 aromatic carbocycles. The van der Waals surface area contributed by atoms with Gasteiger partial charge in [0.1, 0.15) is 10.3 Å². The molecular formula is C11H12BrN3O. The van der Waals surface area contributed by atoms with Crippen molar-refractivity contribution in [3.05, 3.63) is 28.5 Å².